The average Bonchev–Trinajstić information content (AvgIpc) is 3.25. The lowest BCUT2D eigenvalue weighted by atomic mass is 10.2. The van der Waals surface area contributed by atoms with Crippen molar-refractivity contribution in [2.45, 2.75) is 32.4 Å². The molecule has 2 aromatic rings. The number of benzene rings is 1. The van der Waals surface area contributed by atoms with E-state index in [4.69, 9.17) is 4.98 Å². The molecule has 3 nitrogen and oxygen atoms in total. The van der Waals surface area contributed by atoms with Crippen LogP contribution in [0.2, 0.25) is 0 Å². The Morgan fingerprint density at radius 1 is 1.30 bits per heavy atom. The first-order valence-corrected chi connectivity index (χ1v) is 7.96. The molecule has 106 valence electrons. The Balaban J connectivity index is 1.78. The quantitative estimate of drug-likeness (QED) is 0.887. The first kappa shape index (κ1) is 13.7. The van der Waals surface area contributed by atoms with Crippen LogP contribution in [0.4, 0.5) is 0 Å². The SMILES string of the molecule is Cc1nc(-c2ccccc2)sc1CN(CCO)C1CC1. The highest BCUT2D eigenvalue weighted by molar-refractivity contribution is 7.15. The van der Waals surface area contributed by atoms with Gasteiger partial charge in [0, 0.05) is 29.6 Å². The van der Waals surface area contributed by atoms with Gasteiger partial charge in [-0.25, -0.2) is 4.98 Å². The highest BCUT2D eigenvalue weighted by atomic mass is 32.1. The van der Waals surface area contributed by atoms with E-state index in [2.05, 4.69) is 24.0 Å². The van der Waals surface area contributed by atoms with Crippen LogP contribution in [0.3, 0.4) is 0 Å². The molecule has 1 saturated carbocycles. The summed E-state index contributed by atoms with van der Waals surface area (Å²) < 4.78 is 0. The number of hydrogen-bond donors (Lipinski definition) is 1. The zero-order valence-electron chi connectivity index (χ0n) is 11.7. The van der Waals surface area contributed by atoms with Crippen molar-refractivity contribution in [3.63, 3.8) is 0 Å². The smallest absolute Gasteiger partial charge is 0.123 e. The maximum absolute atomic E-state index is 9.19. The van der Waals surface area contributed by atoms with Gasteiger partial charge in [-0.05, 0) is 19.8 Å². The van der Waals surface area contributed by atoms with Gasteiger partial charge in [0.25, 0.3) is 0 Å². The normalized spacial score (nSPS) is 14.9. The third-order valence-corrected chi connectivity index (χ3v) is 4.90. The standard InChI is InChI=1S/C16H20N2OS/c1-12-15(11-18(9-10-19)14-7-8-14)20-16(17-12)13-5-3-2-4-6-13/h2-6,14,19H,7-11H2,1H3. The van der Waals surface area contributed by atoms with Crippen LogP contribution in [0.25, 0.3) is 10.6 Å². The Hall–Kier alpha value is -1.23. The maximum Gasteiger partial charge on any atom is 0.123 e. The van der Waals surface area contributed by atoms with Crippen LogP contribution >= 0.6 is 11.3 Å². The lowest BCUT2D eigenvalue weighted by Crippen LogP contribution is -2.28. The first-order valence-electron chi connectivity index (χ1n) is 7.14. The number of hydrogen-bond acceptors (Lipinski definition) is 4. The fraction of sp³-hybridized carbons (Fsp3) is 0.438. The van der Waals surface area contributed by atoms with Gasteiger partial charge in [0.2, 0.25) is 0 Å². The summed E-state index contributed by atoms with van der Waals surface area (Å²) in [7, 11) is 0. The second-order valence-electron chi connectivity index (χ2n) is 5.32. The molecule has 0 spiro atoms. The third-order valence-electron chi connectivity index (χ3n) is 3.71. The van der Waals surface area contributed by atoms with Crippen LogP contribution in [0.5, 0.6) is 0 Å². The van der Waals surface area contributed by atoms with Gasteiger partial charge in [0.15, 0.2) is 0 Å². The van der Waals surface area contributed by atoms with E-state index in [0.717, 1.165) is 23.8 Å². The van der Waals surface area contributed by atoms with Crippen LogP contribution in [0.15, 0.2) is 30.3 Å². The van der Waals surface area contributed by atoms with E-state index in [0.29, 0.717) is 6.04 Å². The zero-order valence-corrected chi connectivity index (χ0v) is 12.6. The minimum Gasteiger partial charge on any atom is -0.395 e. The monoisotopic (exact) mass is 288 g/mol. The van der Waals surface area contributed by atoms with E-state index < -0.39 is 0 Å². The second-order valence-corrected chi connectivity index (χ2v) is 6.40. The number of aryl methyl sites for hydroxylation is 1. The number of aliphatic hydroxyl groups is 1. The Kier molecular flexibility index (Phi) is 4.15. The van der Waals surface area contributed by atoms with Gasteiger partial charge in [0.1, 0.15) is 5.01 Å². The minimum absolute atomic E-state index is 0.236. The molecular formula is C16H20N2OS. The number of aliphatic hydroxyl groups excluding tert-OH is 1. The summed E-state index contributed by atoms with van der Waals surface area (Å²) in [6, 6.07) is 11.0. The van der Waals surface area contributed by atoms with E-state index in [9.17, 15) is 5.11 Å². The molecule has 0 atom stereocenters. The van der Waals surface area contributed by atoms with E-state index >= 15 is 0 Å². The molecule has 0 aliphatic heterocycles. The van der Waals surface area contributed by atoms with Crippen LogP contribution in [-0.2, 0) is 6.54 Å². The number of nitrogens with zero attached hydrogens (tertiary/aromatic N) is 2. The Morgan fingerprint density at radius 2 is 2.05 bits per heavy atom. The number of aromatic nitrogens is 1. The summed E-state index contributed by atoms with van der Waals surface area (Å²) in [5.74, 6) is 0. The highest BCUT2D eigenvalue weighted by Crippen LogP contribution is 2.32. The predicted octanol–water partition coefficient (Wildman–Crippen LogP) is 3.08. The van der Waals surface area contributed by atoms with Crippen LogP contribution in [-0.4, -0.2) is 34.2 Å². The Bertz CT molecular complexity index is 563. The van der Waals surface area contributed by atoms with Gasteiger partial charge < -0.3 is 5.11 Å². The molecule has 4 heteroatoms. The van der Waals surface area contributed by atoms with E-state index in [-0.39, 0.29) is 6.61 Å². The van der Waals surface area contributed by atoms with Gasteiger partial charge in [0.05, 0.1) is 12.3 Å². The van der Waals surface area contributed by atoms with E-state index in [1.165, 1.54) is 23.3 Å². The van der Waals surface area contributed by atoms with Crippen molar-refractivity contribution in [3.8, 4) is 10.6 Å². The number of rotatable bonds is 6. The minimum atomic E-state index is 0.236. The van der Waals surface area contributed by atoms with Gasteiger partial charge in [-0.15, -0.1) is 11.3 Å². The summed E-state index contributed by atoms with van der Waals surface area (Å²) in [4.78, 5) is 8.41. The maximum atomic E-state index is 9.19. The van der Waals surface area contributed by atoms with Crippen molar-refractivity contribution >= 4 is 11.3 Å². The lowest BCUT2D eigenvalue weighted by Gasteiger charge is -2.19. The summed E-state index contributed by atoms with van der Waals surface area (Å²) in [5, 5.41) is 10.3. The Labute approximate surface area is 123 Å². The third kappa shape index (κ3) is 3.08. The van der Waals surface area contributed by atoms with Gasteiger partial charge in [-0.2, -0.15) is 0 Å². The molecule has 0 radical (unpaired) electrons. The summed E-state index contributed by atoms with van der Waals surface area (Å²) in [6.07, 6.45) is 2.53. The lowest BCUT2D eigenvalue weighted by molar-refractivity contribution is 0.184. The van der Waals surface area contributed by atoms with Crippen molar-refractivity contribution in [2.24, 2.45) is 0 Å². The van der Waals surface area contributed by atoms with Crippen LogP contribution < -0.4 is 0 Å². The molecule has 1 aromatic carbocycles. The first-order chi connectivity index (χ1) is 9.78. The van der Waals surface area contributed by atoms with E-state index in [1.807, 2.05) is 18.2 Å². The predicted molar refractivity (Wildman–Crippen MR) is 82.8 cm³/mol. The summed E-state index contributed by atoms with van der Waals surface area (Å²) in [5.41, 5.74) is 2.31. The molecule has 3 rings (SSSR count). The molecule has 0 unspecified atom stereocenters. The molecule has 0 saturated heterocycles. The molecule has 1 aromatic heterocycles. The molecule has 1 aliphatic rings. The van der Waals surface area contributed by atoms with Crippen molar-refractivity contribution in [1.82, 2.24) is 9.88 Å². The molecule has 20 heavy (non-hydrogen) atoms. The zero-order chi connectivity index (χ0) is 13.9. The topological polar surface area (TPSA) is 36.4 Å². The molecule has 1 N–H and O–H groups in total. The van der Waals surface area contributed by atoms with Gasteiger partial charge in [-0.3, -0.25) is 4.90 Å². The van der Waals surface area contributed by atoms with Crippen molar-refractivity contribution < 1.29 is 5.11 Å². The summed E-state index contributed by atoms with van der Waals surface area (Å²) in [6.45, 7) is 4.01. The molecule has 1 heterocycles. The van der Waals surface area contributed by atoms with Gasteiger partial charge >= 0.3 is 0 Å². The molecule has 0 bridgehead atoms. The molecule has 1 fully saturated rings. The molecule has 0 amide bonds. The summed E-state index contributed by atoms with van der Waals surface area (Å²) >= 11 is 1.78. The van der Waals surface area contributed by atoms with Crippen molar-refractivity contribution in [3.05, 3.63) is 40.9 Å². The molecular weight excluding hydrogens is 268 g/mol. The highest BCUT2D eigenvalue weighted by Gasteiger charge is 2.29. The largest absolute Gasteiger partial charge is 0.395 e. The van der Waals surface area contributed by atoms with Crippen molar-refractivity contribution in [1.29, 1.82) is 0 Å². The number of thiazole rings is 1. The average molecular weight is 288 g/mol. The second kappa shape index (κ2) is 6.04. The van der Waals surface area contributed by atoms with E-state index in [1.54, 1.807) is 11.3 Å². The van der Waals surface area contributed by atoms with Gasteiger partial charge in [-0.1, -0.05) is 30.3 Å². The van der Waals surface area contributed by atoms with Crippen LogP contribution in [0.1, 0.15) is 23.4 Å². The van der Waals surface area contributed by atoms with Crippen molar-refractivity contribution in [2.75, 3.05) is 13.2 Å². The van der Waals surface area contributed by atoms with Crippen LogP contribution in [0, 0.1) is 6.92 Å². The fourth-order valence-corrected chi connectivity index (χ4v) is 3.52. The fourth-order valence-electron chi connectivity index (χ4n) is 2.42. The Morgan fingerprint density at radius 3 is 2.70 bits per heavy atom. The molecule has 1 aliphatic carbocycles.